The molecule has 15 heavy (non-hydrogen) atoms. The molecule has 2 atom stereocenters. The third kappa shape index (κ3) is 2.71. The Kier molecular flexibility index (Phi) is 3.99. The molecule has 1 heterocycles. The first kappa shape index (κ1) is 11.4. The molecule has 0 amide bonds. The lowest BCUT2D eigenvalue weighted by atomic mass is 9.92. The van der Waals surface area contributed by atoms with Gasteiger partial charge in [0.2, 0.25) is 0 Å². The van der Waals surface area contributed by atoms with Crippen LogP contribution in [-0.2, 0) is 4.74 Å². The van der Waals surface area contributed by atoms with E-state index in [-0.39, 0.29) is 0 Å². The summed E-state index contributed by atoms with van der Waals surface area (Å²) in [6.07, 6.45) is 1.16. The molecule has 82 valence electrons. The van der Waals surface area contributed by atoms with Crippen molar-refractivity contribution in [2.75, 3.05) is 20.3 Å². The first-order chi connectivity index (χ1) is 7.31. The zero-order chi connectivity index (χ0) is 10.7. The van der Waals surface area contributed by atoms with Crippen molar-refractivity contribution in [3.63, 3.8) is 0 Å². The van der Waals surface area contributed by atoms with E-state index in [2.05, 4.69) is 52.2 Å². The molecule has 0 saturated carbocycles. The second-order valence-electron chi connectivity index (χ2n) is 3.95. The summed E-state index contributed by atoms with van der Waals surface area (Å²) < 4.78 is 6.75. The second-order valence-corrected chi connectivity index (χ2v) is 5.19. The maximum atomic E-state index is 5.45. The molecule has 1 fully saturated rings. The van der Waals surface area contributed by atoms with Crippen LogP contribution in [-0.4, -0.2) is 20.3 Å². The fourth-order valence-electron chi connectivity index (χ4n) is 2.19. The SMILES string of the molecule is CNC(c1cccc(I)c1)C1CCOC1. The molecule has 1 N–H and O–H groups in total. The standard InChI is InChI=1S/C12H16INO/c1-14-12(10-5-6-15-8-10)9-3-2-4-11(13)7-9/h2-4,7,10,12,14H,5-6,8H2,1H3. The third-order valence-corrected chi connectivity index (χ3v) is 3.63. The van der Waals surface area contributed by atoms with E-state index in [9.17, 15) is 0 Å². The number of nitrogens with one attached hydrogen (secondary N) is 1. The molecule has 1 aromatic carbocycles. The summed E-state index contributed by atoms with van der Waals surface area (Å²) >= 11 is 2.36. The Morgan fingerprint density at radius 1 is 1.53 bits per heavy atom. The number of hydrogen-bond donors (Lipinski definition) is 1. The fourth-order valence-corrected chi connectivity index (χ4v) is 2.76. The molecular weight excluding hydrogens is 301 g/mol. The Labute approximate surface area is 105 Å². The van der Waals surface area contributed by atoms with Gasteiger partial charge in [0, 0.05) is 22.1 Å². The lowest BCUT2D eigenvalue weighted by Crippen LogP contribution is -2.25. The summed E-state index contributed by atoms with van der Waals surface area (Å²) in [6, 6.07) is 9.13. The van der Waals surface area contributed by atoms with Crippen molar-refractivity contribution in [3.05, 3.63) is 33.4 Å². The van der Waals surface area contributed by atoms with Crippen LogP contribution in [0.2, 0.25) is 0 Å². The van der Waals surface area contributed by atoms with Gasteiger partial charge in [0.25, 0.3) is 0 Å². The Morgan fingerprint density at radius 3 is 3.00 bits per heavy atom. The average molecular weight is 317 g/mol. The molecular formula is C12H16INO. The molecule has 2 unspecified atom stereocenters. The van der Waals surface area contributed by atoms with Gasteiger partial charge in [-0.2, -0.15) is 0 Å². The van der Waals surface area contributed by atoms with Crippen molar-refractivity contribution >= 4 is 22.6 Å². The molecule has 0 radical (unpaired) electrons. The minimum absolute atomic E-state index is 0.433. The van der Waals surface area contributed by atoms with E-state index in [4.69, 9.17) is 4.74 Å². The third-order valence-electron chi connectivity index (χ3n) is 2.96. The highest BCUT2D eigenvalue weighted by molar-refractivity contribution is 14.1. The first-order valence-corrected chi connectivity index (χ1v) is 6.39. The van der Waals surface area contributed by atoms with E-state index in [0.717, 1.165) is 19.6 Å². The molecule has 1 aliphatic rings. The average Bonchev–Trinajstić information content (AvgIpc) is 2.72. The highest BCUT2D eigenvalue weighted by atomic mass is 127. The van der Waals surface area contributed by atoms with Crippen LogP contribution in [0.4, 0.5) is 0 Å². The van der Waals surface area contributed by atoms with Gasteiger partial charge < -0.3 is 10.1 Å². The minimum atomic E-state index is 0.433. The van der Waals surface area contributed by atoms with Crippen molar-refractivity contribution in [3.8, 4) is 0 Å². The van der Waals surface area contributed by atoms with Gasteiger partial charge in [-0.3, -0.25) is 0 Å². The van der Waals surface area contributed by atoms with Gasteiger partial charge in [-0.25, -0.2) is 0 Å². The Bertz CT molecular complexity index is 323. The summed E-state index contributed by atoms with van der Waals surface area (Å²) in [5, 5.41) is 3.40. The van der Waals surface area contributed by atoms with Gasteiger partial charge >= 0.3 is 0 Å². The summed E-state index contributed by atoms with van der Waals surface area (Å²) in [5.74, 6) is 0.619. The zero-order valence-electron chi connectivity index (χ0n) is 8.87. The van der Waals surface area contributed by atoms with Gasteiger partial charge in [-0.05, 0) is 53.8 Å². The topological polar surface area (TPSA) is 21.3 Å². The van der Waals surface area contributed by atoms with Crippen molar-refractivity contribution in [2.24, 2.45) is 5.92 Å². The molecule has 1 aromatic rings. The summed E-state index contributed by atoms with van der Waals surface area (Å²) in [6.45, 7) is 1.80. The van der Waals surface area contributed by atoms with Crippen LogP contribution in [0.5, 0.6) is 0 Å². The molecule has 0 spiro atoms. The van der Waals surface area contributed by atoms with Crippen LogP contribution in [0.1, 0.15) is 18.0 Å². The molecule has 1 aliphatic heterocycles. The van der Waals surface area contributed by atoms with Crippen molar-refractivity contribution in [1.82, 2.24) is 5.32 Å². The molecule has 2 nitrogen and oxygen atoms in total. The highest BCUT2D eigenvalue weighted by Crippen LogP contribution is 2.28. The Balaban J connectivity index is 2.18. The van der Waals surface area contributed by atoms with E-state index in [1.807, 2.05) is 7.05 Å². The number of hydrogen-bond acceptors (Lipinski definition) is 2. The lowest BCUT2D eigenvalue weighted by Gasteiger charge is -2.22. The van der Waals surface area contributed by atoms with Crippen LogP contribution in [0.15, 0.2) is 24.3 Å². The summed E-state index contributed by atoms with van der Waals surface area (Å²) in [5.41, 5.74) is 1.37. The molecule has 1 saturated heterocycles. The van der Waals surface area contributed by atoms with Gasteiger partial charge in [-0.15, -0.1) is 0 Å². The van der Waals surface area contributed by atoms with E-state index in [0.29, 0.717) is 12.0 Å². The van der Waals surface area contributed by atoms with E-state index < -0.39 is 0 Å². The van der Waals surface area contributed by atoms with Gasteiger partial charge in [0.15, 0.2) is 0 Å². The first-order valence-electron chi connectivity index (χ1n) is 5.31. The van der Waals surface area contributed by atoms with E-state index >= 15 is 0 Å². The highest BCUT2D eigenvalue weighted by Gasteiger charge is 2.25. The van der Waals surface area contributed by atoms with Crippen molar-refractivity contribution < 1.29 is 4.74 Å². The van der Waals surface area contributed by atoms with Crippen molar-refractivity contribution in [2.45, 2.75) is 12.5 Å². The number of ether oxygens (including phenoxy) is 1. The van der Waals surface area contributed by atoms with Crippen LogP contribution >= 0.6 is 22.6 Å². The van der Waals surface area contributed by atoms with Crippen LogP contribution in [0, 0.1) is 9.49 Å². The van der Waals surface area contributed by atoms with Crippen LogP contribution in [0.3, 0.4) is 0 Å². The molecule has 3 heteroatoms. The Morgan fingerprint density at radius 2 is 2.40 bits per heavy atom. The van der Waals surface area contributed by atoms with Gasteiger partial charge in [0.05, 0.1) is 6.61 Å². The zero-order valence-corrected chi connectivity index (χ0v) is 11.0. The smallest absolute Gasteiger partial charge is 0.0513 e. The van der Waals surface area contributed by atoms with E-state index in [1.54, 1.807) is 0 Å². The Hall–Kier alpha value is -0.130. The molecule has 2 rings (SSSR count). The number of halogens is 1. The minimum Gasteiger partial charge on any atom is -0.381 e. The predicted octanol–water partition coefficient (Wildman–Crippen LogP) is 2.59. The summed E-state index contributed by atoms with van der Waals surface area (Å²) in [7, 11) is 2.03. The largest absolute Gasteiger partial charge is 0.381 e. The summed E-state index contributed by atoms with van der Waals surface area (Å²) in [4.78, 5) is 0. The van der Waals surface area contributed by atoms with E-state index in [1.165, 1.54) is 9.13 Å². The number of rotatable bonds is 3. The van der Waals surface area contributed by atoms with Gasteiger partial charge in [-0.1, -0.05) is 12.1 Å². The molecule has 0 aliphatic carbocycles. The molecule has 0 aromatic heterocycles. The maximum absolute atomic E-state index is 5.45. The maximum Gasteiger partial charge on any atom is 0.0513 e. The fraction of sp³-hybridized carbons (Fsp3) is 0.500. The predicted molar refractivity (Wildman–Crippen MR) is 69.9 cm³/mol. The normalized spacial score (nSPS) is 22.9. The quantitative estimate of drug-likeness (QED) is 0.865. The van der Waals surface area contributed by atoms with Crippen molar-refractivity contribution in [1.29, 1.82) is 0 Å². The monoisotopic (exact) mass is 317 g/mol. The number of benzene rings is 1. The van der Waals surface area contributed by atoms with Crippen LogP contribution in [0.25, 0.3) is 0 Å². The second kappa shape index (κ2) is 5.27. The lowest BCUT2D eigenvalue weighted by molar-refractivity contribution is 0.178. The van der Waals surface area contributed by atoms with Crippen LogP contribution < -0.4 is 5.32 Å². The molecule has 0 bridgehead atoms. The van der Waals surface area contributed by atoms with Gasteiger partial charge in [0.1, 0.15) is 0 Å².